The molecule has 0 amide bonds. The number of benzene rings is 12. The zero-order valence-electron chi connectivity index (χ0n) is 44.7. The summed E-state index contributed by atoms with van der Waals surface area (Å²) in [6, 6.07) is 87.8. The number of thiophene rings is 2. The molecule has 0 spiro atoms. The topological polar surface area (TPSA) is 61.4 Å². The molecule has 6 heterocycles. The van der Waals surface area contributed by atoms with E-state index in [0.29, 0.717) is 11.9 Å². The Kier molecular flexibility index (Phi) is 9.55. The number of hydrogen-bond acceptors (Lipinski definition) is 6. The van der Waals surface area contributed by atoms with Crippen LogP contribution in [-0.2, 0) is 0 Å². The Bertz CT molecular complexity index is 5800. The summed E-state index contributed by atoms with van der Waals surface area (Å²) in [7, 11) is 0. The predicted octanol–water partition coefficient (Wildman–Crippen LogP) is 20.8. The Hall–Kier alpha value is -10.6. The van der Waals surface area contributed by atoms with Gasteiger partial charge in [-0.25, -0.2) is 19.9 Å². The molecule has 0 saturated heterocycles. The van der Waals surface area contributed by atoms with E-state index in [4.69, 9.17) is 9.97 Å². The van der Waals surface area contributed by atoms with E-state index in [1.165, 1.54) is 128 Å². The first kappa shape index (κ1) is 46.0. The highest BCUT2D eigenvalue weighted by molar-refractivity contribution is 7.26. The molecule has 6 aromatic heterocycles. The second kappa shape index (κ2) is 17.4. The molecular weight excluding hydrogens is 1060 g/mol. The molecule has 0 N–H and O–H groups in total. The molecule has 0 radical (unpaired) electrons. The van der Waals surface area contributed by atoms with E-state index in [1.54, 1.807) is 0 Å². The van der Waals surface area contributed by atoms with Crippen molar-refractivity contribution in [2.75, 3.05) is 0 Å². The third-order valence-electron chi connectivity index (χ3n) is 17.6. The second-order valence-electron chi connectivity index (χ2n) is 22.0. The van der Waals surface area contributed by atoms with Gasteiger partial charge in [0.2, 0.25) is 11.9 Å². The largest absolute Gasteiger partial charge is 0.278 e. The first-order valence-corrected chi connectivity index (χ1v) is 30.0. The van der Waals surface area contributed by atoms with E-state index < -0.39 is 0 Å². The van der Waals surface area contributed by atoms with Crippen LogP contribution in [0.5, 0.6) is 0 Å². The van der Waals surface area contributed by atoms with E-state index in [-0.39, 0.29) is 0 Å². The molecule has 0 atom stereocenters. The molecule has 8 heteroatoms. The Morgan fingerprint density at radius 1 is 0.262 bits per heavy atom. The summed E-state index contributed by atoms with van der Waals surface area (Å²) in [6.07, 6.45) is 3.63. The molecule has 84 heavy (non-hydrogen) atoms. The third kappa shape index (κ3) is 6.49. The minimum absolute atomic E-state index is 0.671. The number of hydrogen-bond donors (Lipinski definition) is 0. The lowest BCUT2D eigenvalue weighted by molar-refractivity contribution is 0.989. The van der Waals surface area contributed by atoms with Crippen LogP contribution in [0.1, 0.15) is 0 Å². The summed E-state index contributed by atoms with van der Waals surface area (Å²) in [5.41, 5.74) is 18.6. The maximum atomic E-state index is 5.29. The number of fused-ring (bicyclic) bond motifs is 12. The van der Waals surface area contributed by atoms with E-state index in [2.05, 4.69) is 244 Å². The normalized spacial score (nSPS) is 12.3. The van der Waals surface area contributed by atoms with E-state index >= 15 is 0 Å². The molecule has 0 fully saturated rings. The van der Waals surface area contributed by atoms with Gasteiger partial charge in [0.05, 0.1) is 33.5 Å². The lowest BCUT2D eigenvalue weighted by Crippen LogP contribution is -2.04. The highest BCUT2D eigenvalue weighted by Crippen LogP contribution is 2.54. The molecular formula is C76H42N6S2. The molecule has 388 valence electrons. The Morgan fingerprint density at radius 3 is 1.18 bits per heavy atom. The molecule has 20 rings (SSSR count). The smallest absolute Gasteiger partial charge is 0.235 e. The van der Waals surface area contributed by atoms with Gasteiger partial charge < -0.3 is 0 Å². The van der Waals surface area contributed by atoms with Crippen LogP contribution in [0.25, 0.3) is 184 Å². The summed E-state index contributed by atoms with van der Waals surface area (Å²) in [5.74, 6) is 1.37. The van der Waals surface area contributed by atoms with Crippen molar-refractivity contribution in [3.05, 3.63) is 255 Å². The molecule has 2 aliphatic rings. The van der Waals surface area contributed by atoms with Crippen molar-refractivity contribution >= 4 is 128 Å². The summed E-state index contributed by atoms with van der Waals surface area (Å²) in [5, 5.41) is 15.5. The van der Waals surface area contributed by atoms with E-state index in [1.807, 2.05) is 53.3 Å². The summed E-state index contributed by atoms with van der Waals surface area (Å²) in [4.78, 5) is 19.8. The van der Waals surface area contributed by atoms with Crippen LogP contribution in [0.4, 0.5) is 0 Å². The first-order valence-electron chi connectivity index (χ1n) is 28.3. The highest BCUT2D eigenvalue weighted by atomic mass is 32.1. The number of aromatic nitrogens is 6. The fourth-order valence-corrected chi connectivity index (χ4v) is 16.3. The van der Waals surface area contributed by atoms with Crippen molar-refractivity contribution in [2.45, 2.75) is 0 Å². The van der Waals surface area contributed by atoms with Crippen LogP contribution in [0.2, 0.25) is 0 Å². The standard InChI is InChI=1S/C44H25N3S.C32H17N3S/c1-3-11-26(12-4-1)35-25-36(27-13-5-2-6-14-27)46-44(45-35)47-37-19-10-18-31-33-24-40-34(29-16-7-8-20-39(29)48-40)23-32(33)30-17-9-15-28-21-22-38(47)43(41(28)30)42(31)37;1-2-11-27-19(7-1)24-16-22-20-8-3-6-18-12-13-26-31(29(18)20)30-21(23(22)17-28(24)36-27)9-4-10-25(30)35(26)32-33-14-5-15-34-32/h1-25H;1-17H. The Balaban J connectivity index is 0.000000129. The van der Waals surface area contributed by atoms with Gasteiger partial charge in [-0.15, -0.1) is 22.7 Å². The molecule has 0 aliphatic heterocycles. The molecule has 12 aromatic carbocycles. The molecule has 0 bridgehead atoms. The summed E-state index contributed by atoms with van der Waals surface area (Å²) in [6.45, 7) is 0. The summed E-state index contributed by atoms with van der Waals surface area (Å²) >= 11 is 3.75. The second-order valence-corrected chi connectivity index (χ2v) is 24.2. The minimum Gasteiger partial charge on any atom is -0.278 e. The average molecular weight is 1100 g/mol. The van der Waals surface area contributed by atoms with Gasteiger partial charge in [0, 0.05) is 85.4 Å². The lowest BCUT2D eigenvalue weighted by Gasteiger charge is -2.15. The average Bonchev–Trinajstić information content (AvgIpc) is 1.72. The molecule has 0 saturated carbocycles. The van der Waals surface area contributed by atoms with Gasteiger partial charge in [-0.3, -0.25) is 9.13 Å². The van der Waals surface area contributed by atoms with E-state index in [9.17, 15) is 0 Å². The Morgan fingerprint density at radius 2 is 0.679 bits per heavy atom. The maximum absolute atomic E-state index is 5.29. The van der Waals surface area contributed by atoms with Crippen LogP contribution in [0.3, 0.4) is 0 Å². The van der Waals surface area contributed by atoms with Gasteiger partial charge in [0.25, 0.3) is 0 Å². The first-order chi connectivity index (χ1) is 41.7. The van der Waals surface area contributed by atoms with Crippen molar-refractivity contribution in [3.63, 3.8) is 0 Å². The van der Waals surface area contributed by atoms with Crippen molar-refractivity contribution in [2.24, 2.45) is 0 Å². The van der Waals surface area contributed by atoms with Gasteiger partial charge in [-0.1, -0.05) is 170 Å². The molecule has 2 aliphatic carbocycles. The van der Waals surface area contributed by atoms with Crippen molar-refractivity contribution < 1.29 is 0 Å². The molecule has 6 nitrogen and oxygen atoms in total. The van der Waals surface area contributed by atoms with Crippen molar-refractivity contribution in [3.8, 4) is 78.9 Å². The van der Waals surface area contributed by atoms with Gasteiger partial charge in [-0.2, -0.15) is 0 Å². The van der Waals surface area contributed by atoms with Gasteiger partial charge in [-0.05, 0) is 139 Å². The maximum Gasteiger partial charge on any atom is 0.235 e. The van der Waals surface area contributed by atoms with Crippen LogP contribution < -0.4 is 0 Å². The highest BCUT2D eigenvalue weighted by Gasteiger charge is 2.29. The minimum atomic E-state index is 0.671. The van der Waals surface area contributed by atoms with Crippen LogP contribution >= 0.6 is 22.7 Å². The van der Waals surface area contributed by atoms with Crippen molar-refractivity contribution in [1.29, 1.82) is 0 Å². The molecule has 0 unspecified atom stereocenters. The van der Waals surface area contributed by atoms with Gasteiger partial charge >= 0.3 is 0 Å². The predicted molar refractivity (Wildman–Crippen MR) is 353 cm³/mol. The monoisotopic (exact) mass is 1100 g/mol. The van der Waals surface area contributed by atoms with Gasteiger partial charge in [0.15, 0.2) is 0 Å². The van der Waals surface area contributed by atoms with E-state index in [0.717, 1.165) is 44.6 Å². The number of rotatable bonds is 4. The van der Waals surface area contributed by atoms with Gasteiger partial charge in [0.1, 0.15) is 0 Å². The Labute approximate surface area is 488 Å². The zero-order valence-corrected chi connectivity index (χ0v) is 46.4. The molecule has 18 aromatic rings. The van der Waals surface area contributed by atoms with Crippen LogP contribution in [0, 0.1) is 0 Å². The van der Waals surface area contributed by atoms with Crippen LogP contribution in [-0.4, -0.2) is 29.1 Å². The quantitative estimate of drug-likeness (QED) is 0.176. The third-order valence-corrected chi connectivity index (χ3v) is 19.9. The SMILES string of the molecule is c1ccc(-c2cc(-c3ccccc3)nc(-n3c4cccc5c4c4c6c(cccc6ccc43)-c3cc4c(cc3-5)sc3ccccc34)n2)cc1.c1cnc(-n2c3cccc4c3c3c5c(cccc5ccc32)-c2cc3c(cc2-4)sc2ccccc23)nc1. The van der Waals surface area contributed by atoms with Crippen molar-refractivity contribution in [1.82, 2.24) is 29.1 Å². The summed E-state index contributed by atoms with van der Waals surface area (Å²) < 4.78 is 9.79. The number of nitrogens with zero attached hydrogens (tertiary/aromatic N) is 6. The zero-order chi connectivity index (χ0) is 54.7. The fraction of sp³-hybridized carbons (Fsp3) is 0. The van der Waals surface area contributed by atoms with Crippen LogP contribution in [0.15, 0.2) is 255 Å². The lowest BCUT2D eigenvalue weighted by atomic mass is 9.92. The fourth-order valence-electron chi connectivity index (χ4n) is 14.1.